The Morgan fingerprint density at radius 2 is 1.62 bits per heavy atom. The Morgan fingerprint density at radius 1 is 0.856 bits per heavy atom. The number of methoxy groups -OCH3 is 1. The Labute approximate surface area is 562 Å². The number of ether oxygens (including phenoxy) is 5. The topological polar surface area (TPSA) is 406 Å². The van der Waals surface area contributed by atoms with Crippen molar-refractivity contribution in [3.63, 3.8) is 0 Å². The molecule has 2 aliphatic heterocycles. The van der Waals surface area contributed by atoms with Crippen molar-refractivity contribution in [1.29, 1.82) is 0 Å². The summed E-state index contributed by atoms with van der Waals surface area (Å²) in [6.07, 6.45) is 3.05. The summed E-state index contributed by atoms with van der Waals surface area (Å²) in [6.45, 7) is 5.92. The van der Waals surface area contributed by atoms with Gasteiger partial charge in [0.25, 0.3) is 23.6 Å². The van der Waals surface area contributed by atoms with E-state index in [1.54, 1.807) is 74.4 Å². The molecule has 97 heavy (non-hydrogen) atoms. The molecule has 5 heterocycles. The second kappa shape index (κ2) is 34.2. The number of nitrogens with one attached hydrogen (secondary N) is 5. The fraction of sp³-hybridized carbons (Fsp3) is 0.415. The highest BCUT2D eigenvalue weighted by Crippen LogP contribution is 2.47. The lowest BCUT2D eigenvalue weighted by atomic mass is 9.89. The first-order valence-corrected chi connectivity index (χ1v) is 31.8. The first kappa shape index (κ1) is 72.3. The van der Waals surface area contributed by atoms with Crippen LogP contribution >= 0.6 is 11.6 Å². The number of alkyl carbamates (subject to hydrolysis) is 1. The van der Waals surface area contributed by atoms with Crippen LogP contribution in [-0.2, 0) is 56.1 Å². The average molecular weight is 1360 g/mol. The van der Waals surface area contributed by atoms with Crippen LogP contribution in [-0.4, -0.2) is 197 Å². The number of Topliss-reactive ketones (excluding diaryl/α,β-unsaturated/α-hetero) is 1. The Kier molecular flexibility index (Phi) is 25.5. The van der Waals surface area contributed by atoms with E-state index in [0.717, 1.165) is 33.6 Å². The zero-order valence-corrected chi connectivity index (χ0v) is 55.0. The Morgan fingerprint density at radius 3 is 2.33 bits per heavy atom. The summed E-state index contributed by atoms with van der Waals surface area (Å²) in [7, 11) is 3.03. The number of hydrogen-bond donors (Lipinski definition) is 7. The van der Waals surface area contributed by atoms with Crippen LogP contribution in [0.15, 0.2) is 85.2 Å². The van der Waals surface area contributed by atoms with Gasteiger partial charge >= 0.3 is 24.3 Å². The molecule has 0 fully saturated rings. The number of imide groups is 1. The van der Waals surface area contributed by atoms with Gasteiger partial charge in [-0.25, -0.2) is 28.8 Å². The number of carbonyl (C=O) groups excluding carboxylic acids is 11. The fourth-order valence-electron chi connectivity index (χ4n) is 10.9. The quantitative estimate of drug-likeness (QED) is 0.0149. The number of hydrogen-bond acceptors (Lipinski definition) is 19. The summed E-state index contributed by atoms with van der Waals surface area (Å²) in [6, 6.07) is 15.0. The summed E-state index contributed by atoms with van der Waals surface area (Å²) in [5.74, 6) is -4.77. The molecular formula is C65H78ClN15O16. The van der Waals surface area contributed by atoms with Gasteiger partial charge in [-0.05, 0) is 78.4 Å². The SMILES string of the molecule is COCCn1cc(C(=O)Nc2cnc3[nH]c(C(=O)N4C[C@@H](CCl)c5c4cc(OC(=O)N(CCCC(N)=O)CCN(C)C(=O)OCc4ccc(NC(=O)[C@H](CCCNC(N)=O)CC(=O)[C@@H](NC(=O)OCCOCCN6C(=O)C=CC6=O)C(C)C)cc4)c4cccc(C)c54)cc3c2)nn1. The third-order valence-electron chi connectivity index (χ3n) is 16.0. The van der Waals surface area contributed by atoms with Crippen molar-refractivity contribution in [3.05, 3.63) is 113 Å². The van der Waals surface area contributed by atoms with Crippen molar-refractivity contribution in [1.82, 2.24) is 50.3 Å². The molecule has 8 rings (SSSR count). The van der Waals surface area contributed by atoms with Crippen LogP contribution in [0.4, 0.5) is 36.2 Å². The Balaban J connectivity index is 0.869. The van der Waals surface area contributed by atoms with Crippen molar-refractivity contribution < 1.29 is 76.4 Å². The van der Waals surface area contributed by atoms with Crippen molar-refractivity contribution >= 4 is 116 Å². The van der Waals surface area contributed by atoms with E-state index >= 15 is 0 Å². The first-order valence-electron chi connectivity index (χ1n) is 31.3. The number of urea groups is 1. The Bertz CT molecular complexity index is 3910. The van der Waals surface area contributed by atoms with Gasteiger partial charge in [0.05, 0.1) is 62.7 Å². The first-order chi connectivity index (χ1) is 46.5. The summed E-state index contributed by atoms with van der Waals surface area (Å²) in [4.78, 5) is 155. The minimum atomic E-state index is -1.04. The number of aromatic amines is 1. The third-order valence-corrected chi connectivity index (χ3v) is 16.4. The Hall–Kier alpha value is -10.5. The zero-order valence-electron chi connectivity index (χ0n) is 54.3. The van der Waals surface area contributed by atoms with E-state index in [0.29, 0.717) is 52.2 Å². The second-order valence-electron chi connectivity index (χ2n) is 23.4. The molecule has 6 aromatic rings. The number of anilines is 3. The second-order valence-corrected chi connectivity index (χ2v) is 23.7. The molecule has 0 saturated heterocycles. The van der Waals surface area contributed by atoms with Crippen molar-refractivity contribution in [2.75, 3.05) is 101 Å². The molecule has 31 nitrogen and oxygen atoms in total. The molecule has 0 saturated carbocycles. The van der Waals surface area contributed by atoms with Crippen LogP contribution in [0.1, 0.15) is 89.5 Å². The number of halogens is 1. The highest BCUT2D eigenvalue weighted by molar-refractivity contribution is 6.19. The monoisotopic (exact) mass is 1360 g/mol. The lowest BCUT2D eigenvalue weighted by Gasteiger charge is -2.26. The number of carbonyl (C=O) groups is 11. The summed E-state index contributed by atoms with van der Waals surface area (Å²) in [5, 5.41) is 20.4. The molecule has 11 amide bonds. The van der Waals surface area contributed by atoms with Crippen LogP contribution in [0.2, 0.25) is 0 Å². The van der Waals surface area contributed by atoms with Gasteiger partial charge in [0, 0.05) is 112 Å². The van der Waals surface area contributed by atoms with E-state index in [9.17, 15) is 52.7 Å². The maximum atomic E-state index is 14.7. The minimum absolute atomic E-state index is 0.00928. The molecule has 3 atom stereocenters. The standard InChI is InChI=1S/C65H78ClN15O16/c1-38(2)57(74-63(90)95-28-27-94-26-24-80-53(84)17-18-54(80)85)50(82)31-41(10-7-19-69-62(68)89)59(86)71-44-15-13-40(14-16-44)37-96-64(91)77(4)21-22-78(20-8-12-52(67)83)65(92)97-51-32-49-56(55-39(3)9-6-11-46(51)55)43(33-66)35-81(49)61(88)47-30-42-29-45(34-70-58(42)73-47)72-60(87)48-36-79(76-75-48)23-25-93-5/h6,9,11,13-18,29-30,32,34,36,38,41,43,57H,7-8,10,12,19-28,31,33,35,37H2,1-5H3,(H2,67,83)(H,70,73)(H,71,86)(H,72,87)(H,74,90)(H3,68,69,89)/t41-,43-,57+/m1/s1. The number of fused-ring (bicyclic) bond motifs is 4. The maximum absolute atomic E-state index is 14.7. The van der Waals surface area contributed by atoms with Crippen molar-refractivity contribution in [2.45, 2.75) is 78.0 Å². The number of benzene rings is 3. The van der Waals surface area contributed by atoms with Crippen LogP contribution in [0.5, 0.6) is 5.75 Å². The van der Waals surface area contributed by atoms with E-state index in [1.807, 2.05) is 19.1 Å². The predicted octanol–water partition coefficient (Wildman–Crippen LogP) is 5.49. The van der Waals surface area contributed by atoms with E-state index in [2.05, 4.69) is 41.5 Å². The molecule has 3 aromatic carbocycles. The van der Waals surface area contributed by atoms with Gasteiger partial charge in [-0.3, -0.25) is 38.5 Å². The van der Waals surface area contributed by atoms with Crippen molar-refractivity contribution in [3.8, 4) is 5.75 Å². The van der Waals surface area contributed by atoms with Gasteiger partial charge in [-0.1, -0.05) is 49.4 Å². The number of nitrogens with zero attached hydrogens (tertiary/aromatic N) is 8. The molecule has 0 radical (unpaired) electrons. The molecule has 516 valence electrons. The number of primary amides is 2. The number of amides is 11. The molecule has 0 spiro atoms. The predicted molar refractivity (Wildman–Crippen MR) is 353 cm³/mol. The lowest BCUT2D eigenvalue weighted by molar-refractivity contribution is -0.137. The van der Waals surface area contributed by atoms with Crippen molar-refractivity contribution in [2.24, 2.45) is 23.3 Å². The van der Waals surface area contributed by atoms with Gasteiger partial charge < -0.3 is 76.1 Å². The number of aromatic nitrogens is 5. The number of likely N-dealkylation sites (N-methyl/N-ethyl adjacent to an activating group) is 1. The van der Waals surface area contributed by atoms with E-state index in [4.69, 9.17) is 46.8 Å². The van der Waals surface area contributed by atoms with Crippen LogP contribution < -0.4 is 42.4 Å². The molecule has 0 aliphatic carbocycles. The van der Waals surface area contributed by atoms with Gasteiger partial charge in [0.2, 0.25) is 11.8 Å². The zero-order chi connectivity index (χ0) is 69.9. The van der Waals surface area contributed by atoms with Crippen LogP contribution in [0.3, 0.4) is 0 Å². The van der Waals surface area contributed by atoms with Crippen LogP contribution in [0.25, 0.3) is 21.8 Å². The molecule has 3 aromatic heterocycles. The van der Waals surface area contributed by atoms with E-state index < -0.39 is 83.4 Å². The molecule has 2 aliphatic rings. The lowest BCUT2D eigenvalue weighted by Crippen LogP contribution is -2.46. The smallest absolute Gasteiger partial charge is 0.415 e. The number of ketones is 1. The van der Waals surface area contributed by atoms with Gasteiger partial charge in [-0.2, -0.15) is 0 Å². The van der Waals surface area contributed by atoms with Crippen LogP contribution in [0, 0.1) is 18.8 Å². The maximum Gasteiger partial charge on any atom is 0.415 e. The number of H-pyrrole nitrogens is 1. The van der Waals surface area contributed by atoms with E-state index in [-0.39, 0.29) is 127 Å². The minimum Gasteiger partial charge on any atom is -0.447 e. The fourth-order valence-corrected chi connectivity index (χ4v) is 11.2. The van der Waals surface area contributed by atoms with Gasteiger partial charge in [0.15, 0.2) is 11.5 Å². The number of nitrogens with two attached hydrogens (primary N) is 2. The molecule has 9 N–H and O–H groups in total. The third kappa shape index (κ3) is 19.6. The summed E-state index contributed by atoms with van der Waals surface area (Å²) < 4.78 is 29.0. The van der Waals surface area contributed by atoms with Gasteiger partial charge in [-0.15, -0.1) is 16.7 Å². The summed E-state index contributed by atoms with van der Waals surface area (Å²) in [5.41, 5.74) is 14.7. The largest absolute Gasteiger partial charge is 0.447 e. The highest BCUT2D eigenvalue weighted by atomic mass is 35.5. The average Bonchev–Trinajstić information content (AvgIpc) is 1.69. The van der Waals surface area contributed by atoms with Gasteiger partial charge in [0.1, 0.15) is 30.3 Å². The summed E-state index contributed by atoms with van der Waals surface area (Å²) >= 11 is 6.66. The number of pyridine rings is 1. The number of rotatable bonds is 34. The number of alkyl halides is 1. The molecule has 32 heteroatoms. The molecular weight excluding hydrogens is 1280 g/mol. The molecule has 0 unspecified atom stereocenters. The normalized spacial score (nSPS) is 13.9. The molecule has 0 bridgehead atoms. The van der Waals surface area contributed by atoms with E-state index in [1.165, 1.54) is 33.9 Å². The highest BCUT2D eigenvalue weighted by Gasteiger charge is 2.37. The number of aryl methyl sites for hydroxylation is 1.